The SMILES string of the molecule is CCC(c1ccccc1)C(O)Cc1nc(C)c(C)s1. The van der Waals surface area contributed by atoms with Crippen molar-refractivity contribution < 1.29 is 5.11 Å². The van der Waals surface area contributed by atoms with E-state index in [2.05, 4.69) is 31.0 Å². The van der Waals surface area contributed by atoms with Gasteiger partial charge in [0.1, 0.15) is 0 Å². The lowest BCUT2D eigenvalue weighted by Crippen LogP contribution is -2.20. The molecule has 19 heavy (non-hydrogen) atoms. The molecule has 1 aromatic heterocycles. The number of rotatable bonds is 5. The van der Waals surface area contributed by atoms with Gasteiger partial charge in [0.15, 0.2) is 0 Å². The molecule has 0 aliphatic heterocycles. The lowest BCUT2D eigenvalue weighted by molar-refractivity contribution is 0.140. The van der Waals surface area contributed by atoms with Crippen molar-refractivity contribution in [2.75, 3.05) is 0 Å². The summed E-state index contributed by atoms with van der Waals surface area (Å²) in [6.45, 7) is 6.23. The molecule has 102 valence electrons. The van der Waals surface area contributed by atoms with Crippen LogP contribution < -0.4 is 0 Å². The van der Waals surface area contributed by atoms with Crippen molar-refractivity contribution in [3.63, 3.8) is 0 Å². The predicted octanol–water partition coefficient (Wildman–Crippen LogP) is 3.86. The summed E-state index contributed by atoms with van der Waals surface area (Å²) >= 11 is 1.69. The maximum atomic E-state index is 10.5. The number of nitrogens with zero attached hydrogens (tertiary/aromatic N) is 1. The molecule has 0 aliphatic rings. The standard InChI is InChI=1S/C16H21NOS/c1-4-14(13-8-6-5-7-9-13)15(18)10-16-17-11(2)12(3)19-16/h5-9,14-15,18H,4,10H2,1-3H3. The molecular weight excluding hydrogens is 254 g/mol. The molecule has 0 amide bonds. The van der Waals surface area contributed by atoms with Gasteiger partial charge >= 0.3 is 0 Å². The Morgan fingerprint density at radius 3 is 2.42 bits per heavy atom. The molecule has 0 saturated carbocycles. The van der Waals surface area contributed by atoms with Crippen LogP contribution in [-0.4, -0.2) is 16.2 Å². The van der Waals surface area contributed by atoms with Crippen molar-refractivity contribution in [3.05, 3.63) is 51.5 Å². The summed E-state index contributed by atoms with van der Waals surface area (Å²) in [6.07, 6.45) is 1.22. The summed E-state index contributed by atoms with van der Waals surface area (Å²) in [5.74, 6) is 0.186. The molecule has 2 rings (SSSR count). The van der Waals surface area contributed by atoms with Gasteiger partial charge < -0.3 is 5.11 Å². The first-order valence-corrected chi connectivity index (χ1v) is 7.59. The largest absolute Gasteiger partial charge is 0.392 e. The summed E-state index contributed by atoms with van der Waals surface area (Å²) in [7, 11) is 0. The van der Waals surface area contributed by atoms with Crippen LogP contribution in [0.2, 0.25) is 0 Å². The fraction of sp³-hybridized carbons (Fsp3) is 0.438. The fourth-order valence-electron chi connectivity index (χ4n) is 2.38. The van der Waals surface area contributed by atoms with E-state index >= 15 is 0 Å². The molecule has 0 fully saturated rings. The lowest BCUT2D eigenvalue weighted by atomic mass is 9.89. The van der Waals surface area contributed by atoms with Crippen molar-refractivity contribution in [3.8, 4) is 0 Å². The second-order valence-electron chi connectivity index (χ2n) is 4.95. The third-order valence-corrected chi connectivity index (χ3v) is 4.68. The highest BCUT2D eigenvalue weighted by Gasteiger charge is 2.21. The predicted molar refractivity (Wildman–Crippen MR) is 80.8 cm³/mol. The van der Waals surface area contributed by atoms with Crippen molar-refractivity contribution >= 4 is 11.3 Å². The summed E-state index contributed by atoms with van der Waals surface area (Å²) in [4.78, 5) is 5.76. The molecule has 0 saturated heterocycles. The third-order valence-electron chi connectivity index (χ3n) is 3.59. The van der Waals surface area contributed by atoms with Gasteiger partial charge in [-0.15, -0.1) is 11.3 Å². The number of aryl methyl sites for hydroxylation is 2. The van der Waals surface area contributed by atoms with E-state index in [0.717, 1.165) is 17.1 Å². The number of aliphatic hydroxyl groups excluding tert-OH is 1. The molecule has 2 atom stereocenters. The van der Waals surface area contributed by atoms with Crippen molar-refractivity contribution in [1.29, 1.82) is 0 Å². The quantitative estimate of drug-likeness (QED) is 0.899. The third kappa shape index (κ3) is 3.43. The molecule has 0 radical (unpaired) electrons. The van der Waals surface area contributed by atoms with E-state index in [-0.39, 0.29) is 12.0 Å². The van der Waals surface area contributed by atoms with Gasteiger partial charge in [-0.25, -0.2) is 4.98 Å². The van der Waals surface area contributed by atoms with E-state index in [9.17, 15) is 5.11 Å². The molecule has 2 nitrogen and oxygen atoms in total. The molecule has 1 N–H and O–H groups in total. The van der Waals surface area contributed by atoms with Gasteiger partial charge in [0.05, 0.1) is 16.8 Å². The molecule has 2 unspecified atom stereocenters. The van der Waals surface area contributed by atoms with Crippen molar-refractivity contribution in [1.82, 2.24) is 4.98 Å². The van der Waals surface area contributed by atoms with Gasteiger partial charge in [-0.05, 0) is 25.8 Å². The van der Waals surface area contributed by atoms with E-state index in [4.69, 9.17) is 0 Å². The molecule has 1 heterocycles. The zero-order chi connectivity index (χ0) is 13.8. The van der Waals surface area contributed by atoms with Gasteiger partial charge in [-0.3, -0.25) is 0 Å². The second kappa shape index (κ2) is 6.31. The Balaban J connectivity index is 2.11. The minimum atomic E-state index is -0.364. The molecular formula is C16H21NOS. The van der Waals surface area contributed by atoms with Gasteiger partial charge in [-0.1, -0.05) is 37.3 Å². The number of aromatic nitrogens is 1. The Bertz CT molecular complexity index is 501. The lowest BCUT2D eigenvalue weighted by Gasteiger charge is -2.21. The van der Waals surface area contributed by atoms with Crippen LogP contribution in [-0.2, 0) is 6.42 Å². The highest BCUT2D eigenvalue weighted by molar-refractivity contribution is 7.11. The molecule has 0 aliphatic carbocycles. The van der Waals surface area contributed by atoms with Crippen LogP contribution >= 0.6 is 11.3 Å². The Morgan fingerprint density at radius 1 is 1.21 bits per heavy atom. The number of hydrogen-bond acceptors (Lipinski definition) is 3. The first-order valence-electron chi connectivity index (χ1n) is 6.77. The molecule has 1 aromatic carbocycles. The van der Waals surface area contributed by atoms with Gasteiger partial charge in [0, 0.05) is 17.2 Å². The van der Waals surface area contributed by atoms with E-state index in [1.54, 1.807) is 11.3 Å². The van der Waals surface area contributed by atoms with Gasteiger partial charge in [0.2, 0.25) is 0 Å². The molecule has 3 heteroatoms. The minimum absolute atomic E-state index is 0.186. The summed E-state index contributed by atoms with van der Waals surface area (Å²) in [6, 6.07) is 10.3. The zero-order valence-corrected chi connectivity index (χ0v) is 12.6. The van der Waals surface area contributed by atoms with Gasteiger partial charge in [-0.2, -0.15) is 0 Å². The highest BCUT2D eigenvalue weighted by Crippen LogP contribution is 2.27. The first kappa shape index (κ1) is 14.2. The monoisotopic (exact) mass is 275 g/mol. The van der Waals surface area contributed by atoms with Crippen LogP contribution in [0.15, 0.2) is 30.3 Å². The number of hydrogen-bond donors (Lipinski definition) is 1. The maximum Gasteiger partial charge on any atom is 0.0956 e. The topological polar surface area (TPSA) is 33.1 Å². The minimum Gasteiger partial charge on any atom is -0.392 e. The Morgan fingerprint density at radius 2 is 1.89 bits per heavy atom. The zero-order valence-electron chi connectivity index (χ0n) is 11.8. The van der Waals surface area contributed by atoms with Crippen molar-refractivity contribution in [2.24, 2.45) is 0 Å². The molecule has 2 aromatic rings. The summed E-state index contributed by atoms with van der Waals surface area (Å²) in [5.41, 5.74) is 2.29. The van der Waals surface area contributed by atoms with Crippen LogP contribution in [0.5, 0.6) is 0 Å². The van der Waals surface area contributed by atoms with Crippen LogP contribution in [0, 0.1) is 13.8 Å². The van der Waals surface area contributed by atoms with E-state index < -0.39 is 0 Å². The number of thiazole rings is 1. The Kier molecular flexibility index (Phi) is 4.72. The summed E-state index contributed by atoms with van der Waals surface area (Å²) < 4.78 is 0. The molecule has 0 spiro atoms. The van der Waals surface area contributed by atoms with Crippen LogP contribution in [0.1, 0.15) is 40.4 Å². The average molecular weight is 275 g/mol. The highest BCUT2D eigenvalue weighted by atomic mass is 32.1. The van der Waals surface area contributed by atoms with Gasteiger partial charge in [0.25, 0.3) is 0 Å². The first-order chi connectivity index (χ1) is 9.11. The van der Waals surface area contributed by atoms with E-state index in [1.165, 1.54) is 10.4 Å². The van der Waals surface area contributed by atoms with E-state index in [0.29, 0.717) is 6.42 Å². The average Bonchev–Trinajstić information content (AvgIpc) is 2.70. The number of aliphatic hydroxyl groups is 1. The Labute approximate surface area is 119 Å². The Hall–Kier alpha value is -1.19. The fourth-order valence-corrected chi connectivity index (χ4v) is 3.36. The van der Waals surface area contributed by atoms with Crippen LogP contribution in [0.25, 0.3) is 0 Å². The smallest absolute Gasteiger partial charge is 0.0956 e. The molecule has 0 bridgehead atoms. The van der Waals surface area contributed by atoms with E-state index in [1.807, 2.05) is 25.1 Å². The maximum absolute atomic E-state index is 10.5. The van der Waals surface area contributed by atoms with Crippen LogP contribution in [0.3, 0.4) is 0 Å². The number of benzene rings is 1. The normalized spacial score (nSPS) is 14.3. The second-order valence-corrected chi connectivity index (χ2v) is 6.23. The van der Waals surface area contributed by atoms with Crippen molar-refractivity contribution in [2.45, 2.75) is 45.6 Å². The van der Waals surface area contributed by atoms with Crippen LogP contribution in [0.4, 0.5) is 0 Å². The summed E-state index contributed by atoms with van der Waals surface area (Å²) in [5, 5.41) is 11.5.